The molecule has 2 aromatic rings. The molecule has 6 heteroatoms. The third-order valence-electron chi connectivity index (χ3n) is 3.42. The number of nitrogens with zero attached hydrogens (tertiary/aromatic N) is 3. The zero-order valence-corrected chi connectivity index (χ0v) is 11.2. The summed E-state index contributed by atoms with van der Waals surface area (Å²) < 4.78 is 7.19. The predicted molar refractivity (Wildman–Crippen MR) is 74.3 cm³/mol. The molecule has 0 radical (unpaired) electrons. The highest BCUT2D eigenvalue weighted by molar-refractivity contribution is 5.92. The number of anilines is 1. The number of amides is 1. The summed E-state index contributed by atoms with van der Waals surface area (Å²) in [4.78, 5) is 16.6. The van der Waals surface area contributed by atoms with E-state index in [0.29, 0.717) is 24.5 Å². The van der Waals surface area contributed by atoms with Gasteiger partial charge in [0.15, 0.2) is 5.65 Å². The zero-order chi connectivity index (χ0) is 14.1. The lowest BCUT2D eigenvalue weighted by atomic mass is 9.96. The van der Waals surface area contributed by atoms with Crippen LogP contribution >= 0.6 is 0 Å². The van der Waals surface area contributed by atoms with E-state index in [1.54, 1.807) is 29.0 Å². The van der Waals surface area contributed by atoms with Gasteiger partial charge in [0.05, 0.1) is 18.2 Å². The van der Waals surface area contributed by atoms with Gasteiger partial charge in [0, 0.05) is 18.9 Å². The van der Waals surface area contributed by atoms with Crippen LogP contribution in [0, 0.1) is 5.92 Å². The van der Waals surface area contributed by atoms with Gasteiger partial charge in [0.2, 0.25) is 5.91 Å². The molecular formula is C14H16N4O2. The van der Waals surface area contributed by atoms with Crippen molar-refractivity contribution in [2.45, 2.75) is 19.4 Å². The van der Waals surface area contributed by atoms with Gasteiger partial charge in [-0.25, -0.2) is 9.50 Å². The van der Waals surface area contributed by atoms with E-state index in [1.807, 2.05) is 6.92 Å². The first-order chi connectivity index (χ1) is 9.65. The molecule has 1 N–H and O–H groups in total. The van der Waals surface area contributed by atoms with E-state index in [-0.39, 0.29) is 17.9 Å². The highest BCUT2D eigenvalue weighted by Crippen LogP contribution is 2.26. The molecule has 104 valence electrons. The molecule has 0 spiro atoms. The topological polar surface area (TPSA) is 68.5 Å². The van der Waals surface area contributed by atoms with Gasteiger partial charge in [-0.05, 0) is 19.4 Å². The summed E-state index contributed by atoms with van der Waals surface area (Å²) >= 11 is 0. The minimum absolute atomic E-state index is 0.0770. The van der Waals surface area contributed by atoms with Gasteiger partial charge in [-0.15, -0.1) is 0 Å². The number of aromatic nitrogens is 3. The number of carbonyl (C=O) groups is 1. The van der Waals surface area contributed by atoms with Crippen LogP contribution in [0.2, 0.25) is 0 Å². The SMILES string of the molecule is C=C(C)[C@@H]1OCC[C@@H]1C(=O)Nc1ccn2nccc2n1. The van der Waals surface area contributed by atoms with Gasteiger partial charge in [-0.2, -0.15) is 5.10 Å². The molecule has 3 heterocycles. The minimum Gasteiger partial charge on any atom is -0.373 e. The molecule has 0 unspecified atom stereocenters. The number of fused-ring (bicyclic) bond motifs is 1. The van der Waals surface area contributed by atoms with Crippen LogP contribution in [0.4, 0.5) is 5.82 Å². The van der Waals surface area contributed by atoms with Crippen molar-refractivity contribution in [1.29, 1.82) is 0 Å². The molecule has 1 fully saturated rings. The van der Waals surface area contributed by atoms with Crippen molar-refractivity contribution in [2.75, 3.05) is 11.9 Å². The first kappa shape index (κ1) is 12.8. The van der Waals surface area contributed by atoms with Crippen LogP contribution in [0.15, 0.2) is 36.7 Å². The molecule has 2 atom stereocenters. The van der Waals surface area contributed by atoms with Crippen molar-refractivity contribution in [3.63, 3.8) is 0 Å². The maximum absolute atomic E-state index is 12.3. The Balaban J connectivity index is 1.76. The third kappa shape index (κ3) is 2.30. The van der Waals surface area contributed by atoms with E-state index in [1.165, 1.54) is 0 Å². The summed E-state index contributed by atoms with van der Waals surface area (Å²) in [5.74, 6) is 0.248. The Bertz CT molecular complexity index is 664. The second-order valence-corrected chi connectivity index (χ2v) is 4.97. The maximum atomic E-state index is 12.3. The Morgan fingerprint density at radius 1 is 1.55 bits per heavy atom. The Kier molecular flexibility index (Phi) is 3.23. The van der Waals surface area contributed by atoms with Gasteiger partial charge in [-0.3, -0.25) is 4.79 Å². The zero-order valence-electron chi connectivity index (χ0n) is 11.2. The average molecular weight is 272 g/mol. The maximum Gasteiger partial charge on any atom is 0.231 e. The first-order valence-electron chi connectivity index (χ1n) is 6.53. The Labute approximate surface area is 116 Å². The summed E-state index contributed by atoms with van der Waals surface area (Å²) in [5, 5.41) is 6.90. The molecule has 1 aliphatic heterocycles. The van der Waals surface area contributed by atoms with E-state index < -0.39 is 0 Å². The van der Waals surface area contributed by atoms with Crippen LogP contribution in [-0.2, 0) is 9.53 Å². The Morgan fingerprint density at radius 3 is 3.20 bits per heavy atom. The smallest absolute Gasteiger partial charge is 0.231 e. The first-order valence-corrected chi connectivity index (χ1v) is 6.53. The van der Waals surface area contributed by atoms with Crippen molar-refractivity contribution in [2.24, 2.45) is 5.92 Å². The van der Waals surface area contributed by atoms with Gasteiger partial charge < -0.3 is 10.1 Å². The number of carbonyl (C=O) groups excluding carboxylic acids is 1. The summed E-state index contributed by atoms with van der Waals surface area (Å²) in [5.41, 5.74) is 1.57. The van der Waals surface area contributed by atoms with Crippen molar-refractivity contribution < 1.29 is 9.53 Å². The van der Waals surface area contributed by atoms with Gasteiger partial charge in [0.25, 0.3) is 0 Å². The molecule has 1 amide bonds. The molecule has 0 bridgehead atoms. The summed E-state index contributed by atoms with van der Waals surface area (Å²) in [6.45, 7) is 6.35. The number of rotatable bonds is 3. The van der Waals surface area contributed by atoms with E-state index in [2.05, 4.69) is 22.0 Å². The fourth-order valence-electron chi connectivity index (χ4n) is 2.44. The summed E-state index contributed by atoms with van der Waals surface area (Å²) in [6, 6.07) is 3.51. The minimum atomic E-state index is -0.200. The van der Waals surface area contributed by atoms with Crippen LogP contribution < -0.4 is 5.32 Å². The average Bonchev–Trinajstić information content (AvgIpc) is 3.06. The lowest BCUT2D eigenvalue weighted by Gasteiger charge is -2.17. The van der Waals surface area contributed by atoms with Crippen molar-refractivity contribution in [3.05, 3.63) is 36.7 Å². The molecule has 6 nitrogen and oxygen atoms in total. The van der Waals surface area contributed by atoms with Crippen molar-refractivity contribution in [1.82, 2.24) is 14.6 Å². The van der Waals surface area contributed by atoms with E-state index >= 15 is 0 Å². The molecule has 0 aliphatic carbocycles. The van der Waals surface area contributed by atoms with E-state index in [9.17, 15) is 4.79 Å². The molecule has 20 heavy (non-hydrogen) atoms. The summed E-state index contributed by atoms with van der Waals surface area (Å²) in [6.07, 6.45) is 3.93. The van der Waals surface area contributed by atoms with Crippen LogP contribution in [0.5, 0.6) is 0 Å². The number of hydrogen-bond donors (Lipinski definition) is 1. The van der Waals surface area contributed by atoms with Gasteiger partial charge in [0.1, 0.15) is 5.82 Å². The second-order valence-electron chi connectivity index (χ2n) is 4.97. The number of hydrogen-bond acceptors (Lipinski definition) is 4. The molecule has 1 saturated heterocycles. The van der Waals surface area contributed by atoms with Crippen molar-refractivity contribution in [3.8, 4) is 0 Å². The largest absolute Gasteiger partial charge is 0.373 e. The quantitative estimate of drug-likeness (QED) is 0.863. The van der Waals surface area contributed by atoms with Crippen LogP contribution in [0.25, 0.3) is 5.65 Å². The summed E-state index contributed by atoms with van der Waals surface area (Å²) in [7, 11) is 0. The normalized spacial score (nSPS) is 22.1. The van der Waals surface area contributed by atoms with Crippen LogP contribution in [0.1, 0.15) is 13.3 Å². The van der Waals surface area contributed by atoms with Crippen LogP contribution in [-0.4, -0.2) is 33.2 Å². The highest BCUT2D eigenvalue weighted by Gasteiger charge is 2.34. The fraction of sp³-hybridized carbons (Fsp3) is 0.357. The van der Waals surface area contributed by atoms with Gasteiger partial charge in [-0.1, -0.05) is 12.2 Å². The predicted octanol–water partition coefficient (Wildman–Crippen LogP) is 1.65. The van der Waals surface area contributed by atoms with Gasteiger partial charge >= 0.3 is 0 Å². The Morgan fingerprint density at radius 2 is 2.40 bits per heavy atom. The lowest BCUT2D eigenvalue weighted by Crippen LogP contribution is -2.30. The van der Waals surface area contributed by atoms with Crippen LogP contribution in [0.3, 0.4) is 0 Å². The molecule has 2 aromatic heterocycles. The lowest BCUT2D eigenvalue weighted by molar-refractivity contribution is -0.120. The van der Waals surface area contributed by atoms with E-state index in [4.69, 9.17) is 4.74 Å². The molecular weight excluding hydrogens is 256 g/mol. The van der Waals surface area contributed by atoms with E-state index in [0.717, 1.165) is 5.57 Å². The molecule has 0 aromatic carbocycles. The number of nitrogens with one attached hydrogen (secondary N) is 1. The second kappa shape index (κ2) is 5.05. The highest BCUT2D eigenvalue weighted by atomic mass is 16.5. The Hall–Kier alpha value is -2.21. The number of ether oxygens (including phenoxy) is 1. The third-order valence-corrected chi connectivity index (χ3v) is 3.42. The molecule has 1 aliphatic rings. The molecule has 0 saturated carbocycles. The molecule has 3 rings (SSSR count). The standard InChI is InChI=1S/C14H16N4O2/c1-9(2)13-10(5-8-20-13)14(19)17-11-4-7-18-12(16-11)3-6-15-18/h3-4,6-7,10,13H,1,5,8H2,2H3,(H,16,17,19)/t10-,13-/m0/s1. The monoisotopic (exact) mass is 272 g/mol. The van der Waals surface area contributed by atoms with Crippen molar-refractivity contribution >= 4 is 17.4 Å². The fourth-order valence-corrected chi connectivity index (χ4v) is 2.44.